The van der Waals surface area contributed by atoms with Crippen molar-refractivity contribution in [3.05, 3.63) is 71.5 Å². The van der Waals surface area contributed by atoms with Crippen LogP contribution < -0.4 is 0 Å². The van der Waals surface area contributed by atoms with E-state index < -0.39 is 0 Å². The monoisotopic (exact) mass is 444 g/mol. The smallest absolute Gasteiger partial charge is 0.178 e. The number of benzene rings is 1. The zero-order valence-corrected chi connectivity index (χ0v) is 17.5. The molecule has 9 heteroatoms. The standard InChI is InChI=1S/C23H14F2N6S/c1-11-4-6-26-10-15(11)13-8-14-17(9-16(13)24)30-31-21(14)23-28-20-12(5-7-27-22(20)29-23)18-2-3-19(25)32-18/h2-10H,1H3,(H,30,31)(H,27,28,29). The molecule has 5 aromatic heterocycles. The van der Waals surface area contributed by atoms with Crippen LogP contribution in [0.2, 0.25) is 0 Å². The first kappa shape index (κ1) is 18.8. The van der Waals surface area contributed by atoms with Crippen LogP contribution in [0.4, 0.5) is 8.78 Å². The highest BCUT2D eigenvalue weighted by molar-refractivity contribution is 7.14. The number of aromatic amines is 2. The minimum atomic E-state index is -0.364. The highest BCUT2D eigenvalue weighted by Crippen LogP contribution is 2.35. The summed E-state index contributed by atoms with van der Waals surface area (Å²) in [6.07, 6.45) is 4.97. The molecule has 5 heterocycles. The van der Waals surface area contributed by atoms with Crippen molar-refractivity contribution in [3.8, 4) is 33.1 Å². The summed E-state index contributed by atoms with van der Waals surface area (Å²) >= 11 is 1.06. The first-order chi connectivity index (χ1) is 15.6. The van der Waals surface area contributed by atoms with Gasteiger partial charge in [-0.1, -0.05) is 0 Å². The lowest BCUT2D eigenvalue weighted by Gasteiger charge is -2.07. The molecule has 0 radical (unpaired) electrons. The zero-order chi connectivity index (χ0) is 21.8. The fraction of sp³-hybridized carbons (Fsp3) is 0.0435. The fourth-order valence-electron chi connectivity index (χ4n) is 3.86. The largest absolute Gasteiger partial charge is 0.335 e. The van der Waals surface area contributed by atoms with Gasteiger partial charge in [0.2, 0.25) is 0 Å². The quantitative estimate of drug-likeness (QED) is 0.357. The Morgan fingerprint density at radius 3 is 2.69 bits per heavy atom. The van der Waals surface area contributed by atoms with E-state index in [1.165, 1.54) is 12.1 Å². The van der Waals surface area contributed by atoms with E-state index >= 15 is 0 Å². The van der Waals surface area contributed by atoms with Crippen LogP contribution in [0.3, 0.4) is 0 Å². The van der Waals surface area contributed by atoms with Crippen LogP contribution in [0.15, 0.2) is 55.0 Å². The maximum atomic E-state index is 14.9. The van der Waals surface area contributed by atoms with Crippen LogP contribution in [0.5, 0.6) is 0 Å². The maximum Gasteiger partial charge on any atom is 0.178 e. The van der Waals surface area contributed by atoms with Crippen molar-refractivity contribution < 1.29 is 8.78 Å². The zero-order valence-electron chi connectivity index (χ0n) is 16.6. The number of fused-ring (bicyclic) bond motifs is 2. The molecule has 0 aliphatic heterocycles. The van der Waals surface area contributed by atoms with Gasteiger partial charge in [0.25, 0.3) is 0 Å². The molecule has 156 valence electrons. The van der Waals surface area contributed by atoms with E-state index in [1.807, 2.05) is 19.1 Å². The Labute approximate surface area is 184 Å². The first-order valence-electron chi connectivity index (χ1n) is 9.78. The molecule has 0 aliphatic rings. The summed E-state index contributed by atoms with van der Waals surface area (Å²) in [6, 6.07) is 10.00. The molecule has 1 aromatic carbocycles. The summed E-state index contributed by atoms with van der Waals surface area (Å²) in [5.74, 6) is 0.126. The predicted molar refractivity (Wildman–Crippen MR) is 120 cm³/mol. The van der Waals surface area contributed by atoms with Crippen molar-refractivity contribution in [2.75, 3.05) is 0 Å². The molecule has 0 fully saturated rings. The van der Waals surface area contributed by atoms with Crippen LogP contribution in [-0.4, -0.2) is 30.1 Å². The molecule has 0 unspecified atom stereocenters. The topological polar surface area (TPSA) is 83.1 Å². The van der Waals surface area contributed by atoms with Gasteiger partial charge in [-0.25, -0.2) is 14.4 Å². The molecule has 6 rings (SSSR count). The van der Waals surface area contributed by atoms with Gasteiger partial charge in [-0.3, -0.25) is 10.1 Å². The van der Waals surface area contributed by atoms with Gasteiger partial charge in [-0.2, -0.15) is 9.49 Å². The lowest BCUT2D eigenvalue weighted by atomic mass is 10.0. The second-order valence-corrected chi connectivity index (χ2v) is 8.42. The average molecular weight is 444 g/mol. The van der Waals surface area contributed by atoms with E-state index in [2.05, 4.69) is 30.1 Å². The molecule has 0 amide bonds. The van der Waals surface area contributed by atoms with Crippen LogP contribution in [0, 0.1) is 17.9 Å². The average Bonchev–Trinajstić information content (AvgIpc) is 3.50. The molecule has 6 nitrogen and oxygen atoms in total. The highest BCUT2D eigenvalue weighted by atomic mass is 32.1. The Balaban J connectivity index is 1.54. The number of aromatic nitrogens is 6. The van der Waals surface area contributed by atoms with Gasteiger partial charge in [-0.15, -0.1) is 11.3 Å². The summed E-state index contributed by atoms with van der Waals surface area (Å²) in [5.41, 5.74) is 5.16. The second-order valence-electron chi connectivity index (χ2n) is 7.39. The fourth-order valence-corrected chi connectivity index (χ4v) is 4.62. The third-order valence-electron chi connectivity index (χ3n) is 5.43. The summed E-state index contributed by atoms with van der Waals surface area (Å²) in [7, 11) is 0. The molecular formula is C23H14F2N6S. The molecule has 0 bridgehead atoms. The molecule has 2 N–H and O–H groups in total. The Bertz CT molecular complexity index is 1630. The first-order valence-corrected chi connectivity index (χ1v) is 10.6. The predicted octanol–water partition coefficient (Wildman–Crippen LogP) is 5.88. The number of nitrogens with zero attached hydrogens (tertiary/aromatic N) is 4. The number of hydrogen-bond acceptors (Lipinski definition) is 5. The Kier molecular flexibility index (Phi) is 4.12. The minimum absolute atomic E-state index is 0.261. The van der Waals surface area contributed by atoms with Gasteiger partial charge >= 0.3 is 0 Å². The molecular weight excluding hydrogens is 430 g/mol. The van der Waals surface area contributed by atoms with Crippen molar-refractivity contribution >= 4 is 33.4 Å². The third kappa shape index (κ3) is 2.89. The van der Waals surface area contributed by atoms with Crippen molar-refractivity contribution in [3.63, 3.8) is 0 Å². The SMILES string of the molecule is Cc1ccncc1-c1cc2c(-c3nc4nccc(-c5ccc(F)s5)c4[nH]3)n[nH]c2cc1F. The minimum Gasteiger partial charge on any atom is -0.335 e. The Morgan fingerprint density at radius 1 is 0.969 bits per heavy atom. The van der Waals surface area contributed by atoms with Crippen molar-refractivity contribution in [2.45, 2.75) is 6.92 Å². The third-order valence-corrected chi connectivity index (χ3v) is 6.34. The number of nitrogens with one attached hydrogen (secondary N) is 2. The molecule has 0 saturated heterocycles. The molecule has 0 spiro atoms. The molecule has 6 aromatic rings. The number of pyridine rings is 2. The summed E-state index contributed by atoms with van der Waals surface area (Å²) in [5, 5.41) is 7.71. The number of aryl methyl sites for hydroxylation is 1. The van der Waals surface area contributed by atoms with E-state index in [-0.39, 0.29) is 10.9 Å². The van der Waals surface area contributed by atoms with Crippen LogP contribution in [0.25, 0.3) is 55.2 Å². The lowest BCUT2D eigenvalue weighted by molar-refractivity contribution is 0.632. The highest BCUT2D eigenvalue weighted by Gasteiger charge is 2.19. The number of thiophene rings is 1. The van der Waals surface area contributed by atoms with Crippen LogP contribution in [0.1, 0.15) is 5.56 Å². The van der Waals surface area contributed by atoms with Gasteiger partial charge in [0, 0.05) is 51.6 Å². The van der Waals surface area contributed by atoms with Gasteiger partial charge < -0.3 is 4.98 Å². The van der Waals surface area contributed by atoms with Gasteiger partial charge in [-0.05, 0) is 42.8 Å². The maximum absolute atomic E-state index is 14.9. The van der Waals surface area contributed by atoms with Gasteiger partial charge in [0.15, 0.2) is 16.6 Å². The molecule has 0 aliphatic carbocycles. The molecule has 0 saturated carbocycles. The van der Waals surface area contributed by atoms with E-state index in [9.17, 15) is 8.78 Å². The van der Waals surface area contributed by atoms with Crippen LogP contribution in [-0.2, 0) is 0 Å². The van der Waals surface area contributed by atoms with E-state index in [0.29, 0.717) is 44.7 Å². The number of H-pyrrole nitrogens is 2. The molecule has 32 heavy (non-hydrogen) atoms. The Morgan fingerprint density at radius 2 is 1.88 bits per heavy atom. The summed E-state index contributed by atoms with van der Waals surface area (Å²) in [6.45, 7) is 1.91. The van der Waals surface area contributed by atoms with Crippen molar-refractivity contribution in [2.24, 2.45) is 0 Å². The van der Waals surface area contributed by atoms with Crippen molar-refractivity contribution in [1.29, 1.82) is 0 Å². The lowest BCUT2D eigenvalue weighted by Crippen LogP contribution is -1.90. The number of hydrogen-bond donors (Lipinski definition) is 2. The Hall–Kier alpha value is -3.98. The second kappa shape index (κ2) is 7.03. The summed E-state index contributed by atoms with van der Waals surface area (Å²) in [4.78, 5) is 17.1. The number of imidazole rings is 1. The number of halogens is 2. The van der Waals surface area contributed by atoms with Gasteiger partial charge in [0.05, 0.1) is 11.0 Å². The number of rotatable bonds is 3. The van der Waals surface area contributed by atoms with Crippen molar-refractivity contribution in [1.82, 2.24) is 30.1 Å². The van der Waals surface area contributed by atoms with E-state index in [1.54, 1.807) is 30.7 Å². The normalized spacial score (nSPS) is 11.6. The molecule has 0 atom stereocenters. The summed E-state index contributed by atoms with van der Waals surface area (Å²) < 4.78 is 28.5. The van der Waals surface area contributed by atoms with E-state index in [0.717, 1.165) is 27.3 Å². The van der Waals surface area contributed by atoms with Crippen LogP contribution >= 0.6 is 11.3 Å². The van der Waals surface area contributed by atoms with Gasteiger partial charge in [0.1, 0.15) is 11.5 Å². The van der Waals surface area contributed by atoms with E-state index in [4.69, 9.17) is 0 Å².